The zero-order valence-electron chi connectivity index (χ0n) is 12.1. The third kappa shape index (κ3) is 12.2. The third-order valence-electron chi connectivity index (χ3n) is 3.15. The second-order valence-electron chi connectivity index (χ2n) is 5.06. The second kappa shape index (κ2) is 12.4. The lowest BCUT2D eigenvalue weighted by Gasteiger charge is -2.19. The molecule has 0 radical (unpaired) electrons. The van der Waals surface area contributed by atoms with E-state index in [4.69, 9.17) is 4.74 Å². The third-order valence-corrected chi connectivity index (χ3v) is 3.15. The normalized spacial score (nSPS) is 13.2. The maximum Gasteiger partial charge on any atom is 0.152 e. The van der Waals surface area contributed by atoms with Gasteiger partial charge in [-0.1, -0.05) is 65.2 Å². The van der Waals surface area contributed by atoms with Gasteiger partial charge < -0.3 is 9.84 Å². The summed E-state index contributed by atoms with van der Waals surface area (Å²) in [6.07, 6.45) is 12.1. The topological polar surface area (TPSA) is 29.5 Å². The van der Waals surface area contributed by atoms with E-state index in [0.717, 1.165) is 12.8 Å². The van der Waals surface area contributed by atoms with Gasteiger partial charge in [-0.15, -0.1) is 0 Å². The molecule has 0 aliphatic heterocycles. The molecule has 0 aliphatic rings. The highest BCUT2D eigenvalue weighted by Gasteiger charge is 2.11. The molecule has 1 N–H and O–H groups in total. The fraction of sp³-hybridized carbons (Fsp3) is 1.00. The standard InChI is InChI=1S/C15H32O2/c1-4-6-8-10-12-15(17-14(3)16)13-11-9-7-5-2/h14-16H,4-13H2,1-3H3. The highest BCUT2D eigenvalue weighted by molar-refractivity contribution is 4.60. The fourth-order valence-corrected chi connectivity index (χ4v) is 2.16. The smallest absolute Gasteiger partial charge is 0.152 e. The number of ether oxygens (including phenoxy) is 1. The van der Waals surface area contributed by atoms with Crippen molar-refractivity contribution in [3.8, 4) is 0 Å². The Hall–Kier alpha value is -0.0800. The summed E-state index contributed by atoms with van der Waals surface area (Å²) in [5.41, 5.74) is 0. The van der Waals surface area contributed by atoms with E-state index in [1.807, 2.05) is 0 Å². The van der Waals surface area contributed by atoms with Gasteiger partial charge in [0.2, 0.25) is 0 Å². The van der Waals surface area contributed by atoms with Crippen LogP contribution in [0.2, 0.25) is 0 Å². The Morgan fingerprint density at radius 2 is 1.29 bits per heavy atom. The molecule has 1 atom stereocenters. The van der Waals surface area contributed by atoms with Gasteiger partial charge in [-0.05, 0) is 19.8 Å². The predicted octanol–water partition coefficient (Wildman–Crippen LogP) is 4.65. The molecule has 2 nitrogen and oxygen atoms in total. The van der Waals surface area contributed by atoms with Crippen LogP contribution < -0.4 is 0 Å². The monoisotopic (exact) mass is 244 g/mol. The van der Waals surface area contributed by atoms with E-state index in [0.29, 0.717) is 0 Å². The van der Waals surface area contributed by atoms with Crippen LogP contribution in [0.4, 0.5) is 0 Å². The van der Waals surface area contributed by atoms with Crippen LogP contribution in [-0.4, -0.2) is 17.5 Å². The maximum atomic E-state index is 9.31. The van der Waals surface area contributed by atoms with Crippen LogP contribution in [0.3, 0.4) is 0 Å². The molecule has 1 unspecified atom stereocenters. The summed E-state index contributed by atoms with van der Waals surface area (Å²) in [6, 6.07) is 0. The van der Waals surface area contributed by atoms with Gasteiger partial charge in [-0.25, -0.2) is 0 Å². The summed E-state index contributed by atoms with van der Waals surface area (Å²) < 4.78 is 5.57. The zero-order valence-corrected chi connectivity index (χ0v) is 12.1. The zero-order chi connectivity index (χ0) is 12.9. The molecule has 0 aromatic carbocycles. The number of aliphatic hydroxyl groups excluding tert-OH is 1. The van der Waals surface area contributed by atoms with E-state index in [-0.39, 0.29) is 6.10 Å². The average Bonchev–Trinajstić information content (AvgIpc) is 2.29. The molecule has 0 spiro atoms. The number of aliphatic hydroxyl groups is 1. The minimum absolute atomic E-state index is 0.267. The van der Waals surface area contributed by atoms with Gasteiger partial charge in [-0.2, -0.15) is 0 Å². The number of hydrogen-bond acceptors (Lipinski definition) is 2. The minimum Gasteiger partial charge on any atom is -0.368 e. The van der Waals surface area contributed by atoms with Crippen molar-refractivity contribution in [2.75, 3.05) is 0 Å². The van der Waals surface area contributed by atoms with Crippen molar-refractivity contribution >= 4 is 0 Å². The molecule has 0 aromatic rings. The lowest BCUT2D eigenvalue weighted by Crippen LogP contribution is -2.19. The van der Waals surface area contributed by atoms with Crippen LogP contribution in [0.5, 0.6) is 0 Å². The van der Waals surface area contributed by atoms with Crippen molar-refractivity contribution in [3.05, 3.63) is 0 Å². The molecule has 0 aliphatic carbocycles. The van der Waals surface area contributed by atoms with E-state index in [9.17, 15) is 5.11 Å². The molecule has 0 rings (SSSR count). The van der Waals surface area contributed by atoms with E-state index < -0.39 is 6.29 Å². The molecule has 0 aromatic heterocycles. The Labute approximate surface area is 108 Å². The SMILES string of the molecule is CCCCCCC(CCCCCC)OC(C)O. The Morgan fingerprint density at radius 1 is 0.824 bits per heavy atom. The molecule has 0 saturated heterocycles. The van der Waals surface area contributed by atoms with Crippen molar-refractivity contribution < 1.29 is 9.84 Å². The Balaban J connectivity index is 3.64. The van der Waals surface area contributed by atoms with Gasteiger partial charge in [0.25, 0.3) is 0 Å². The average molecular weight is 244 g/mol. The molecular weight excluding hydrogens is 212 g/mol. The van der Waals surface area contributed by atoms with Crippen molar-refractivity contribution in [2.24, 2.45) is 0 Å². The van der Waals surface area contributed by atoms with Gasteiger partial charge in [0.05, 0.1) is 6.10 Å². The molecule has 104 valence electrons. The summed E-state index contributed by atoms with van der Waals surface area (Å²) in [7, 11) is 0. The summed E-state index contributed by atoms with van der Waals surface area (Å²) in [5, 5.41) is 9.31. The summed E-state index contributed by atoms with van der Waals surface area (Å²) in [5.74, 6) is 0. The number of hydrogen-bond donors (Lipinski definition) is 1. The van der Waals surface area contributed by atoms with Gasteiger partial charge in [-0.3, -0.25) is 0 Å². The Morgan fingerprint density at radius 3 is 1.65 bits per heavy atom. The van der Waals surface area contributed by atoms with Crippen LogP contribution in [0.15, 0.2) is 0 Å². The highest BCUT2D eigenvalue weighted by Crippen LogP contribution is 2.16. The van der Waals surface area contributed by atoms with Gasteiger partial charge >= 0.3 is 0 Å². The summed E-state index contributed by atoms with van der Waals surface area (Å²) in [6.45, 7) is 6.17. The Bertz CT molecular complexity index is 134. The van der Waals surface area contributed by atoms with Crippen LogP contribution in [0.1, 0.15) is 85.0 Å². The van der Waals surface area contributed by atoms with Gasteiger partial charge in [0.15, 0.2) is 6.29 Å². The molecule has 0 amide bonds. The van der Waals surface area contributed by atoms with Crippen LogP contribution in [-0.2, 0) is 4.74 Å². The van der Waals surface area contributed by atoms with Crippen molar-refractivity contribution in [1.29, 1.82) is 0 Å². The highest BCUT2D eigenvalue weighted by atomic mass is 16.6. The number of rotatable bonds is 12. The first kappa shape index (κ1) is 16.9. The molecule has 0 bridgehead atoms. The van der Waals surface area contributed by atoms with Crippen molar-refractivity contribution in [1.82, 2.24) is 0 Å². The molecule has 17 heavy (non-hydrogen) atoms. The minimum atomic E-state index is -0.614. The summed E-state index contributed by atoms with van der Waals surface area (Å²) in [4.78, 5) is 0. The Kier molecular flexibility index (Phi) is 12.3. The van der Waals surface area contributed by atoms with E-state index in [2.05, 4.69) is 13.8 Å². The van der Waals surface area contributed by atoms with Crippen LogP contribution >= 0.6 is 0 Å². The van der Waals surface area contributed by atoms with E-state index in [1.54, 1.807) is 6.92 Å². The predicted molar refractivity (Wildman–Crippen MR) is 74.1 cm³/mol. The van der Waals surface area contributed by atoms with Gasteiger partial charge in [0.1, 0.15) is 0 Å². The lowest BCUT2D eigenvalue weighted by atomic mass is 10.0. The summed E-state index contributed by atoms with van der Waals surface area (Å²) >= 11 is 0. The molecule has 0 heterocycles. The van der Waals surface area contributed by atoms with E-state index >= 15 is 0 Å². The van der Waals surface area contributed by atoms with Gasteiger partial charge in [0, 0.05) is 0 Å². The first-order valence-corrected chi connectivity index (χ1v) is 7.54. The van der Waals surface area contributed by atoms with Crippen LogP contribution in [0, 0.1) is 0 Å². The molecular formula is C15H32O2. The van der Waals surface area contributed by atoms with Crippen LogP contribution in [0.25, 0.3) is 0 Å². The largest absolute Gasteiger partial charge is 0.368 e. The van der Waals surface area contributed by atoms with E-state index in [1.165, 1.54) is 51.4 Å². The lowest BCUT2D eigenvalue weighted by molar-refractivity contribution is -0.128. The maximum absolute atomic E-state index is 9.31. The second-order valence-corrected chi connectivity index (χ2v) is 5.06. The fourth-order valence-electron chi connectivity index (χ4n) is 2.16. The first-order chi connectivity index (χ1) is 8.20. The molecule has 0 saturated carbocycles. The number of unbranched alkanes of at least 4 members (excludes halogenated alkanes) is 6. The quantitative estimate of drug-likeness (QED) is 0.400. The molecule has 2 heteroatoms. The van der Waals surface area contributed by atoms with Crippen molar-refractivity contribution in [2.45, 2.75) is 97.4 Å². The molecule has 0 fully saturated rings. The first-order valence-electron chi connectivity index (χ1n) is 7.54. The van der Waals surface area contributed by atoms with Crippen molar-refractivity contribution in [3.63, 3.8) is 0 Å².